The predicted octanol–water partition coefficient (Wildman–Crippen LogP) is 1.08. The van der Waals surface area contributed by atoms with Gasteiger partial charge in [0.1, 0.15) is 11.2 Å². The van der Waals surface area contributed by atoms with Crippen LogP contribution in [0, 0.1) is 23.1 Å². The van der Waals surface area contributed by atoms with Gasteiger partial charge in [0.05, 0.1) is 18.6 Å². The summed E-state index contributed by atoms with van der Waals surface area (Å²) in [5, 5.41) is 12.0. The molecule has 2 aromatic rings. The normalized spacial score (nSPS) is 18.5. The zero-order valence-electron chi connectivity index (χ0n) is 17.6. The molecule has 10 heteroatoms. The van der Waals surface area contributed by atoms with Gasteiger partial charge in [0, 0.05) is 25.6 Å². The van der Waals surface area contributed by atoms with Crippen molar-refractivity contribution in [1.29, 1.82) is 5.26 Å². The van der Waals surface area contributed by atoms with Crippen LogP contribution in [0.4, 0.5) is 10.1 Å². The summed E-state index contributed by atoms with van der Waals surface area (Å²) in [6, 6.07) is 3.23. The van der Waals surface area contributed by atoms with Crippen LogP contribution in [0.1, 0.15) is 38.1 Å². The molecule has 0 bridgehead atoms. The average molecular weight is 430 g/mol. The minimum Gasteiger partial charge on any atom is -0.492 e. The lowest BCUT2D eigenvalue weighted by Gasteiger charge is -2.24. The number of nitriles is 1. The van der Waals surface area contributed by atoms with Gasteiger partial charge in [-0.15, -0.1) is 0 Å². The summed E-state index contributed by atoms with van der Waals surface area (Å²) in [5.41, 5.74) is -0.751. The number of nitrogens with one attached hydrogen (secondary N) is 1. The van der Waals surface area contributed by atoms with Gasteiger partial charge >= 0.3 is 5.69 Å². The lowest BCUT2D eigenvalue weighted by Crippen LogP contribution is -2.44. The second-order valence-electron chi connectivity index (χ2n) is 8.26. The highest BCUT2D eigenvalue weighted by Gasteiger charge is 2.34. The SMILES string of the molecule is COc1c(N2CCC(CNCCCC#N)C2)c(F)cc2c(=O)n(N)c(=O)n(C3CC3)c12. The highest BCUT2D eigenvalue weighted by atomic mass is 19.1. The fourth-order valence-electron chi connectivity index (χ4n) is 4.40. The first-order valence-electron chi connectivity index (χ1n) is 10.6. The number of halogens is 1. The minimum atomic E-state index is -0.735. The van der Waals surface area contributed by atoms with E-state index in [-0.39, 0.29) is 22.9 Å². The van der Waals surface area contributed by atoms with Gasteiger partial charge in [-0.25, -0.2) is 9.18 Å². The van der Waals surface area contributed by atoms with Crippen LogP contribution >= 0.6 is 0 Å². The molecular formula is C21H27FN6O3. The quantitative estimate of drug-likeness (QED) is 0.475. The lowest BCUT2D eigenvalue weighted by atomic mass is 10.1. The Kier molecular flexibility index (Phi) is 5.87. The van der Waals surface area contributed by atoms with Crippen LogP contribution in [-0.4, -0.2) is 42.5 Å². The number of methoxy groups -OCH3 is 1. The third-order valence-corrected chi connectivity index (χ3v) is 6.08. The molecule has 2 heterocycles. The summed E-state index contributed by atoms with van der Waals surface area (Å²) in [6.07, 6.45) is 3.80. The van der Waals surface area contributed by atoms with E-state index in [0.717, 1.165) is 38.8 Å². The largest absolute Gasteiger partial charge is 0.492 e. The number of fused-ring (bicyclic) bond motifs is 1. The van der Waals surface area contributed by atoms with Crippen LogP contribution in [0.15, 0.2) is 15.7 Å². The molecule has 9 nitrogen and oxygen atoms in total. The van der Waals surface area contributed by atoms with E-state index in [1.54, 1.807) is 0 Å². The van der Waals surface area contributed by atoms with Gasteiger partial charge in [-0.05, 0) is 50.8 Å². The number of anilines is 1. The maximum atomic E-state index is 15.3. The first-order chi connectivity index (χ1) is 15.0. The Hall–Kier alpha value is -3.06. The number of aromatic nitrogens is 2. The van der Waals surface area contributed by atoms with Crippen LogP contribution in [0.5, 0.6) is 5.75 Å². The maximum absolute atomic E-state index is 15.3. The van der Waals surface area contributed by atoms with Gasteiger partial charge in [0.25, 0.3) is 5.56 Å². The Labute approximate surface area is 178 Å². The summed E-state index contributed by atoms with van der Waals surface area (Å²) in [4.78, 5) is 27.3. The maximum Gasteiger partial charge on any atom is 0.350 e. The lowest BCUT2D eigenvalue weighted by molar-refractivity contribution is 0.412. The van der Waals surface area contributed by atoms with E-state index >= 15 is 4.39 Å². The Bertz CT molecular complexity index is 1150. The monoisotopic (exact) mass is 430 g/mol. The van der Waals surface area contributed by atoms with Crippen LogP contribution in [0.3, 0.4) is 0 Å². The first kappa shape index (κ1) is 21.2. The fraction of sp³-hybridized carbons (Fsp3) is 0.571. The van der Waals surface area contributed by atoms with Crippen molar-refractivity contribution in [3.63, 3.8) is 0 Å². The number of ether oxygens (including phenoxy) is 1. The molecule has 4 rings (SSSR count). The topological polar surface area (TPSA) is 118 Å². The molecule has 2 fully saturated rings. The highest BCUT2D eigenvalue weighted by Crippen LogP contribution is 2.43. The Balaban J connectivity index is 1.70. The summed E-state index contributed by atoms with van der Waals surface area (Å²) in [7, 11) is 1.43. The highest BCUT2D eigenvalue weighted by molar-refractivity contribution is 5.91. The molecule has 0 radical (unpaired) electrons. The van der Waals surface area contributed by atoms with Crippen molar-refractivity contribution in [3.8, 4) is 11.8 Å². The van der Waals surface area contributed by atoms with Crippen molar-refractivity contribution in [2.45, 2.75) is 38.1 Å². The number of nitrogens with zero attached hydrogens (tertiary/aromatic N) is 4. The first-order valence-corrected chi connectivity index (χ1v) is 10.6. The summed E-state index contributed by atoms with van der Waals surface area (Å²) < 4.78 is 22.9. The molecule has 1 atom stereocenters. The number of unbranched alkanes of at least 4 members (excludes halogenated alkanes) is 1. The van der Waals surface area contributed by atoms with Crippen LogP contribution in [-0.2, 0) is 0 Å². The third-order valence-electron chi connectivity index (χ3n) is 6.08. The molecule has 1 unspecified atom stereocenters. The summed E-state index contributed by atoms with van der Waals surface area (Å²) >= 11 is 0. The van der Waals surface area contributed by atoms with Gasteiger partial charge < -0.3 is 20.8 Å². The van der Waals surface area contributed by atoms with Crippen molar-refractivity contribution in [1.82, 2.24) is 14.6 Å². The van der Waals surface area contributed by atoms with Crippen molar-refractivity contribution >= 4 is 16.6 Å². The van der Waals surface area contributed by atoms with Crippen molar-refractivity contribution in [2.24, 2.45) is 5.92 Å². The van der Waals surface area contributed by atoms with E-state index in [9.17, 15) is 9.59 Å². The molecule has 31 heavy (non-hydrogen) atoms. The van der Waals surface area contributed by atoms with E-state index in [1.807, 2.05) is 4.90 Å². The van der Waals surface area contributed by atoms with Gasteiger partial charge in [-0.3, -0.25) is 9.36 Å². The van der Waals surface area contributed by atoms with Gasteiger partial charge in [0.15, 0.2) is 11.6 Å². The number of nitrogen functional groups attached to an aromatic ring is 1. The molecule has 1 aromatic heterocycles. The van der Waals surface area contributed by atoms with E-state index in [2.05, 4.69) is 11.4 Å². The number of rotatable bonds is 8. The second kappa shape index (κ2) is 8.59. The fourth-order valence-corrected chi connectivity index (χ4v) is 4.40. The third kappa shape index (κ3) is 3.85. The molecule has 0 amide bonds. The molecule has 1 aliphatic carbocycles. The van der Waals surface area contributed by atoms with Crippen LogP contribution in [0.2, 0.25) is 0 Å². The Morgan fingerprint density at radius 1 is 1.35 bits per heavy atom. The zero-order valence-corrected chi connectivity index (χ0v) is 17.6. The van der Waals surface area contributed by atoms with Gasteiger partial charge in [-0.1, -0.05) is 0 Å². The Morgan fingerprint density at radius 3 is 2.81 bits per heavy atom. The van der Waals surface area contributed by atoms with Crippen molar-refractivity contribution in [2.75, 3.05) is 44.0 Å². The second-order valence-corrected chi connectivity index (χ2v) is 8.26. The number of benzene rings is 1. The predicted molar refractivity (Wildman–Crippen MR) is 115 cm³/mol. The molecule has 0 spiro atoms. The Morgan fingerprint density at radius 2 is 2.13 bits per heavy atom. The molecule has 1 aromatic carbocycles. The zero-order chi connectivity index (χ0) is 22.1. The minimum absolute atomic E-state index is 0.0435. The molecule has 2 aliphatic rings. The van der Waals surface area contributed by atoms with E-state index in [1.165, 1.54) is 17.7 Å². The smallest absolute Gasteiger partial charge is 0.350 e. The molecular weight excluding hydrogens is 403 g/mol. The molecule has 1 saturated carbocycles. The average Bonchev–Trinajstić information content (AvgIpc) is 3.49. The van der Waals surface area contributed by atoms with E-state index < -0.39 is 17.1 Å². The van der Waals surface area contributed by atoms with Gasteiger partial charge in [-0.2, -0.15) is 9.94 Å². The van der Waals surface area contributed by atoms with E-state index in [4.69, 9.17) is 15.8 Å². The van der Waals surface area contributed by atoms with Crippen LogP contribution in [0.25, 0.3) is 10.9 Å². The van der Waals surface area contributed by atoms with Crippen molar-refractivity contribution < 1.29 is 9.13 Å². The summed E-state index contributed by atoms with van der Waals surface area (Å²) in [5.74, 6) is 5.65. The van der Waals surface area contributed by atoms with E-state index in [0.29, 0.717) is 35.6 Å². The molecule has 1 aliphatic heterocycles. The van der Waals surface area contributed by atoms with Crippen LogP contribution < -0.4 is 32.0 Å². The molecule has 166 valence electrons. The molecule has 3 N–H and O–H groups in total. The number of hydrogen-bond donors (Lipinski definition) is 2. The standard InChI is InChI=1S/C21H27FN6O3/c1-31-19-17-15(20(29)28(24)21(30)27(17)14-4-5-14)10-16(22)18(19)26-9-6-13(12-26)11-25-8-3-2-7-23/h10,13-14,25H,2-6,8-9,11-12,24H2,1H3. The number of nitrogens with two attached hydrogens (primary N) is 1. The van der Waals surface area contributed by atoms with Gasteiger partial charge in [0.2, 0.25) is 0 Å². The van der Waals surface area contributed by atoms with Crippen molar-refractivity contribution in [3.05, 3.63) is 32.7 Å². The summed E-state index contributed by atoms with van der Waals surface area (Å²) in [6.45, 7) is 2.83. The molecule has 1 saturated heterocycles. The number of hydrogen-bond acceptors (Lipinski definition) is 7.